The van der Waals surface area contributed by atoms with Crippen molar-refractivity contribution in [2.75, 3.05) is 31.1 Å². The average molecular weight is 352 g/mol. The second-order valence-corrected chi connectivity index (χ2v) is 6.48. The third-order valence-corrected chi connectivity index (χ3v) is 4.52. The lowest BCUT2D eigenvalue weighted by molar-refractivity contribution is 0.0740. The zero-order valence-electron chi connectivity index (χ0n) is 14.3. The van der Waals surface area contributed by atoms with Gasteiger partial charge in [0.2, 0.25) is 5.95 Å². The summed E-state index contributed by atoms with van der Waals surface area (Å²) in [6.07, 6.45) is 5.45. The van der Waals surface area contributed by atoms with Crippen LogP contribution in [0.4, 0.5) is 5.95 Å². The first-order valence-electron chi connectivity index (χ1n) is 8.80. The Balaban J connectivity index is 1.39. The molecular weight excluding hydrogens is 332 g/mol. The van der Waals surface area contributed by atoms with E-state index in [1.165, 1.54) is 0 Å². The van der Waals surface area contributed by atoms with E-state index in [2.05, 4.69) is 25.2 Å². The number of rotatable bonds is 4. The molecule has 134 valence electrons. The SMILES string of the molecule is O=C(NC1CC1)c1cccc(C(=O)N2CCN(c3ncccn3)CC2)n1. The summed E-state index contributed by atoms with van der Waals surface area (Å²) in [5.74, 6) is 0.310. The highest BCUT2D eigenvalue weighted by molar-refractivity contribution is 5.96. The quantitative estimate of drug-likeness (QED) is 0.872. The molecule has 1 N–H and O–H groups in total. The number of anilines is 1. The van der Waals surface area contributed by atoms with Crippen LogP contribution in [-0.2, 0) is 0 Å². The molecule has 1 saturated carbocycles. The molecule has 1 saturated heterocycles. The van der Waals surface area contributed by atoms with Gasteiger partial charge in [-0.2, -0.15) is 0 Å². The first-order valence-corrected chi connectivity index (χ1v) is 8.80. The molecule has 4 rings (SSSR count). The molecule has 2 aliphatic rings. The lowest BCUT2D eigenvalue weighted by Gasteiger charge is -2.34. The van der Waals surface area contributed by atoms with Gasteiger partial charge in [-0.1, -0.05) is 6.07 Å². The highest BCUT2D eigenvalue weighted by Gasteiger charge is 2.26. The van der Waals surface area contributed by atoms with Gasteiger partial charge in [-0.3, -0.25) is 9.59 Å². The number of piperazine rings is 1. The van der Waals surface area contributed by atoms with Crippen LogP contribution in [0.3, 0.4) is 0 Å². The van der Waals surface area contributed by atoms with Crippen molar-refractivity contribution in [2.24, 2.45) is 0 Å². The molecule has 2 amide bonds. The second-order valence-electron chi connectivity index (χ2n) is 6.48. The third kappa shape index (κ3) is 3.63. The molecule has 2 fully saturated rings. The topological polar surface area (TPSA) is 91.3 Å². The number of nitrogens with zero attached hydrogens (tertiary/aromatic N) is 5. The fraction of sp³-hybridized carbons (Fsp3) is 0.389. The Morgan fingerprint density at radius 1 is 0.962 bits per heavy atom. The van der Waals surface area contributed by atoms with Crippen LogP contribution < -0.4 is 10.2 Å². The Morgan fingerprint density at radius 2 is 1.65 bits per heavy atom. The van der Waals surface area contributed by atoms with Gasteiger partial charge in [0.15, 0.2) is 0 Å². The number of pyridine rings is 1. The molecule has 0 unspecified atom stereocenters. The van der Waals surface area contributed by atoms with Gasteiger partial charge in [0.1, 0.15) is 11.4 Å². The van der Waals surface area contributed by atoms with Crippen molar-refractivity contribution in [1.29, 1.82) is 0 Å². The van der Waals surface area contributed by atoms with E-state index in [9.17, 15) is 9.59 Å². The Bertz CT molecular complexity index is 800. The fourth-order valence-corrected chi connectivity index (χ4v) is 2.89. The van der Waals surface area contributed by atoms with Gasteiger partial charge < -0.3 is 15.1 Å². The Hall–Kier alpha value is -3.03. The van der Waals surface area contributed by atoms with Crippen molar-refractivity contribution in [2.45, 2.75) is 18.9 Å². The normalized spacial score (nSPS) is 17.1. The van der Waals surface area contributed by atoms with Crippen molar-refractivity contribution < 1.29 is 9.59 Å². The monoisotopic (exact) mass is 352 g/mol. The lowest BCUT2D eigenvalue weighted by Crippen LogP contribution is -2.49. The highest BCUT2D eigenvalue weighted by Crippen LogP contribution is 2.19. The summed E-state index contributed by atoms with van der Waals surface area (Å²) >= 11 is 0. The van der Waals surface area contributed by atoms with Crippen LogP contribution in [0.2, 0.25) is 0 Å². The molecule has 1 aliphatic heterocycles. The van der Waals surface area contributed by atoms with Crippen LogP contribution in [0.25, 0.3) is 0 Å². The number of nitrogens with one attached hydrogen (secondary N) is 1. The fourth-order valence-electron chi connectivity index (χ4n) is 2.89. The maximum Gasteiger partial charge on any atom is 0.272 e. The third-order valence-electron chi connectivity index (χ3n) is 4.52. The van der Waals surface area contributed by atoms with Crippen molar-refractivity contribution in [1.82, 2.24) is 25.2 Å². The standard InChI is InChI=1S/C18H20N6O2/c25-16(21-13-5-6-13)14-3-1-4-15(22-14)17(26)23-9-11-24(12-10-23)18-19-7-2-8-20-18/h1-4,7-8,13H,5-6,9-12H2,(H,21,25). The second kappa shape index (κ2) is 7.07. The van der Waals surface area contributed by atoms with Gasteiger partial charge in [-0.15, -0.1) is 0 Å². The minimum Gasteiger partial charge on any atom is -0.348 e. The van der Waals surface area contributed by atoms with Gasteiger partial charge >= 0.3 is 0 Å². The predicted octanol–water partition coefficient (Wildman–Crippen LogP) is 0.726. The van der Waals surface area contributed by atoms with E-state index < -0.39 is 0 Å². The molecule has 2 aromatic heterocycles. The molecule has 3 heterocycles. The molecule has 0 aromatic carbocycles. The van der Waals surface area contributed by atoms with E-state index in [-0.39, 0.29) is 17.9 Å². The Kier molecular flexibility index (Phi) is 4.47. The van der Waals surface area contributed by atoms with Crippen molar-refractivity contribution in [3.63, 3.8) is 0 Å². The van der Waals surface area contributed by atoms with Crippen LogP contribution >= 0.6 is 0 Å². The van der Waals surface area contributed by atoms with Crippen LogP contribution in [0.15, 0.2) is 36.7 Å². The van der Waals surface area contributed by atoms with Crippen molar-refractivity contribution in [3.8, 4) is 0 Å². The average Bonchev–Trinajstić information content (AvgIpc) is 3.52. The van der Waals surface area contributed by atoms with E-state index >= 15 is 0 Å². The highest BCUT2D eigenvalue weighted by atomic mass is 16.2. The molecule has 8 heteroatoms. The smallest absolute Gasteiger partial charge is 0.272 e. The molecule has 0 bridgehead atoms. The van der Waals surface area contributed by atoms with Crippen molar-refractivity contribution in [3.05, 3.63) is 48.0 Å². The summed E-state index contributed by atoms with van der Waals surface area (Å²) in [6.45, 7) is 2.46. The number of hydrogen-bond acceptors (Lipinski definition) is 6. The molecule has 0 radical (unpaired) electrons. The van der Waals surface area contributed by atoms with Gasteiger partial charge in [-0.05, 0) is 31.0 Å². The van der Waals surface area contributed by atoms with E-state index in [0.29, 0.717) is 43.5 Å². The van der Waals surface area contributed by atoms with Crippen LogP contribution in [0.1, 0.15) is 33.8 Å². The van der Waals surface area contributed by atoms with E-state index in [0.717, 1.165) is 12.8 Å². The minimum atomic E-state index is -0.215. The molecular formula is C18H20N6O2. The summed E-state index contributed by atoms with van der Waals surface area (Å²) in [7, 11) is 0. The van der Waals surface area contributed by atoms with Gasteiger partial charge in [0, 0.05) is 44.6 Å². The molecule has 1 aliphatic carbocycles. The number of carbonyl (C=O) groups excluding carboxylic acids is 2. The number of aromatic nitrogens is 3. The van der Waals surface area contributed by atoms with Gasteiger partial charge in [0.25, 0.3) is 11.8 Å². The number of amides is 2. The summed E-state index contributed by atoms with van der Waals surface area (Å²) in [5.41, 5.74) is 0.594. The largest absolute Gasteiger partial charge is 0.348 e. The maximum atomic E-state index is 12.7. The summed E-state index contributed by atoms with van der Waals surface area (Å²) in [4.78, 5) is 41.4. The van der Waals surface area contributed by atoms with Gasteiger partial charge in [-0.25, -0.2) is 15.0 Å². The maximum absolute atomic E-state index is 12.7. The first kappa shape index (κ1) is 16.4. The number of carbonyl (C=O) groups is 2. The summed E-state index contributed by atoms with van der Waals surface area (Å²) in [6, 6.07) is 7.04. The van der Waals surface area contributed by atoms with E-state index in [1.807, 2.05) is 0 Å². The molecule has 2 aromatic rings. The zero-order valence-corrected chi connectivity index (χ0v) is 14.3. The molecule has 8 nitrogen and oxygen atoms in total. The minimum absolute atomic E-state index is 0.153. The van der Waals surface area contributed by atoms with E-state index in [1.54, 1.807) is 41.6 Å². The van der Waals surface area contributed by atoms with Gasteiger partial charge in [0.05, 0.1) is 0 Å². The molecule has 26 heavy (non-hydrogen) atoms. The van der Waals surface area contributed by atoms with Crippen LogP contribution in [-0.4, -0.2) is 63.9 Å². The predicted molar refractivity (Wildman–Crippen MR) is 94.9 cm³/mol. The zero-order chi connectivity index (χ0) is 17.9. The number of hydrogen-bond donors (Lipinski definition) is 1. The van der Waals surface area contributed by atoms with Crippen LogP contribution in [0.5, 0.6) is 0 Å². The summed E-state index contributed by atoms with van der Waals surface area (Å²) < 4.78 is 0. The summed E-state index contributed by atoms with van der Waals surface area (Å²) in [5, 5.41) is 2.89. The molecule has 0 atom stereocenters. The lowest BCUT2D eigenvalue weighted by atomic mass is 10.2. The van der Waals surface area contributed by atoms with Crippen LogP contribution in [0, 0.1) is 0 Å². The molecule has 0 spiro atoms. The first-order chi connectivity index (χ1) is 12.7. The Labute approximate surface area is 151 Å². The Morgan fingerprint density at radius 3 is 2.35 bits per heavy atom. The van der Waals surface area contributed by atoms with E-state index in [4.69, 9.17) is 0 Å². The van der Waals surface area contributed by atoms with Crippen molar-refractivity contribution >= 4 is 17.8 Å².